The Morgan fingerprint density at radius 2 is 1.26 bits per heavy atom. The average Bonchev–Trinajstić information content (AvgIpc) is 2.20. The van der Waals surface area contributed by atoms with E-state index in [0.29, 0.717) is 6.54 Å². The normalized spacial score (nSPS) is 14.0. The van der Waals surface area contributed by atoms with Gasteiger partial charge >= 0.3 is 25.7 Å². The summed E-state index contributed by atoms with van der Waals surface area (Å²) in [6.45, 7) is 18.7. The number of hydrogen-bond donors (Lipinski definition) is 3. The zero-order valence-corrected chi connectivity index (χ0v) is 20.3. The van der Waals surface area contributed by atoms with Crippen molar-refractivity contribution in [1.82, 2.24) is 5.32 Å². The lowest BCUT2D eigenvalue weighted by Crippen LogP contribution is -2.57. The van der Waals surface area contributed by atoms with Gasteiger partial charge in [-0.25, -0.2) is 0 Å². The first-order valence-corrected chi connectivity index (χ1v) is 20.0. The van der Waals surface area contributed by atoms with E-state index in [0.717, 1.165) is 25.6 Å². The van der Waals surface area contributed by atoms with E-state index in [2.05, 4.69) is 31.5 Å². The smallest absolute Gasteiger partial charge is 0.320 e. The van der Waals surface area contributed by atoms with E-state index in [1.54, 1.807) is 13.1 Å². The molecule has 0 aromatic rings. The fourth-order valence-electron chi connectivity index (χ4n) is 2.67. The standard InChI is InChI=1S/C13H38N2O4Si4.4CH4/c1-20(2,3)17-23(8,13-9-11-15-12-10-14)19-22(6,7)18-21(4,5)16;;;;/h15-16H,9-14H2,1-8H3;4*1H4/t23-;;;;/m0..../s1. The van der Waals surface area contributed by atoms with Crippen LogP contribution in [0.25, 0.3) is 0 Å². The lowest BCUT2D eigenvalue weighted by molar-refractivity contribution is 0.291. The molecule has 0 spiro atoms. The lowest BCUT2D eigenvalue weighted by atomic mass is 10.5. The molecule has 6 nitrogen and oxygen atoms in total. The summed E-state index contributed by atoms with van der Waals surface area (Å²) >= 11 is 0. The number of rotatable bonds is 12. The third kappa shape index (κ3) is 22.8. The lowest BCUT2D eigenvalue weighted by Gasteiger charge is -2.40. The van der Waals surface area contributed by atoms with Crippen LogP contribution in [0, 0.1) is 0 Å². The van der Waals surface area contributed by atoms with Crippen LogP contribution in [0.4, 0.5) is 0 Å². The Morgan fingerprint density at radius 3 is 1.63 bits per heavy atom. The monoisotopic (exact) mass is 462 g/mol. The number of hydrogen-bond acceptors (Lipinski definition) is 6. The molecule has 0 saturated carbocycles. The van der Waals surface area contributed by atoms with Crippen LogP contribution in [-0.4, -0.2) is 58.4 Å². The number of nitrogens with two attached hydrogens (primary N) is 1. The van der Waals surface area contributed by atoms with Crippen molar-refractivity contribution in [2.24, 2.45) is 5.73 Å². The molecule has 27 heavy (non-hydrogen) atoms. The quantitative estimate of drug-likeness (QED) is 0.285. The molecule has 172 valence electrons. The van der Waals surface area contributed by atoms with Crippen molar-refractivity contribution in [2.75, 3.05) is 19.6 Å². The van der Waals surface area contributed by atoms with Crippen LogP contribution < -0.4 is 11.1 Å². The first-order valence-electron chi connectivity index (χ1n) is 8.42. The van der Waals surface area contributed by atoms with Crippen LogP contribution in [-0.2, 0) is 12.3 Å². The fourth-order valence-corrected chi connectivity index (χ4v) is 19.5. The largest absolute Gasteiger partial charge is 0.437 e. The summed E-state index contributed by atoms with van der Waals surface area (Å²) in [7, 11) is -9.09. The predicted octanol–water partition coefficient (Wildman–Crippen LogP) is 4.82. The Kier molecular flexibility index (Phi) is 21.9. The van der Waals surface area contributed by atoms with Crippen molar-refractivity contribution >= 4 is 34.0 Å². The molecule has 10 heteroatoms. The van der Waals surface area contributed by atoms with Gasteiger partial charge in [0.25, 0.3) is 0 Å². The van der Waals surface area contributed by atoms with Crippen molar-refractivity contribution < 1.29 is 17.1 Å². The minimum atomic E-state index is -2.61. The van der Waals surface area contributed by atoms with Gasteiger partial charge in [-0.05, 0) is 71.4 Å². The van der Waals surface area contributed by atoms with Gasteiger partial charge in [-0.3, -0.25) is 0 Å². The molecule has 0 heterocycles. The molecule has 0 aliphatic carbocycles. The average molecular weight is 463 g/mol. The minimum Gasteiger partial charge on any atom is -0.437 e. The maximum absolute atomic E-state index is 10.1. The number of nitrogens with one attached hydrogen (secondary N) is 1. The summed E-state index contributed by atoms with van der Waals surface area (Å²) in [6, 6.07) is 0.919. The topological polar surface area (TPSA) is 86.0 Å². The molecule has 0 saturated heterocycles. The van der Waals surface area contributed by atoms with Crippen molar-refractivity contribution in [2.45, 2.75) is 94.5 Å². The van der Waals surface area contributed by atoms with E-state index in [-0.39, 0.29) is 29.7 Å². The maximum Gasteiger partial charge on any atom is 0.320 e. The van der Waals surface area contributed by atoms with E-state index in [1.165, 1.54) is 0 Å². The van der Waals surface area contributed by atoms with Crippen LogP contribution in [0.5, 0.6) is 0 Å². The molecule has 0 rings (SSSR count). The highest BCUT2D eigenvalue weighted by atomic mass is 28.5. The second kappa shape index (κ2) is 15.5. The van der Waals surface area contributed by atoms with E-state index < -0.39 is 34.0 Å². The van der Waals surface area contributed by atoms with E-state index in [4.69, 9.17) is 18.1 Å². The Labute approximate surface area is 176 Å². The summed E-state index contributed by atoms with van der Waals surface area (Å²) in [5, 5.41) is 3.32. The Balaban J connectivity index is -0.000000403. The van der Waals surface area contributed by atoms with E-state index >= 15 is 0 Å². The van der Waals surface area contributed by atoms with Crippen molar-refractivity contribution in [3.8, 4) is 0 Å². The summed E-state index contributed by atoms with van der Waals surface area (Å²) in [5.74, 6) is 0. The Hall–Kier alpha value is 0.628. The Morgan fingerprint density at radius 1 is 0.778 bits per heavy atom. The van der Waals surface area contributed by atoms with E-state index in [1.807, 2.05) is 13.1 Å². The highest BCUT2D eigenvalue weighted by Gasteiger charge is 2.44. The minimum absolute atomic E-state index is 0. The second-order valence-electron chi connectivity index (χ2n) is 8.04. The SMILES string of the molecule is C.C.C.C.C[Si](C)(C)O[Si@](C)(CCCNCCN)O[Si](C)(C)O[Si](C)(C)O. The molecule has 0 aliphatic heterocycles. The molecule has 0 radical (unpaired) electrons. The van der Waals surface area contributed by atoms with Crippen molar-refractivity contribution in [3.05, 3.63) is 0 Å². The zero-order valence-electron chi connectivity index (χ0n) is 16.3. The highest BCUT2D eigenvalue weighted by molar-refractivity contribution is 6.88. The predicted molar refractivity (Wildman–Crippen MR) is 134 cm³/mol. The second-order valence-corrected chi connectivity index (χ2v) is 23.2. The van der Waals surface area contributed by atoms with Gasteiger partial charge in [0, 0.05) is 13.1 Å². The van der Waals surface area contributed by atoms with E-state index in [9.17, 15) is 4.80 Å². The van der Waals surface area contributed by atoms with Gasteiger partial charge in [-0.15, -0.1) is 0 Å². The zero-order chi connectivity index (χ0) is 18.4. The van der Waals surface area contributed by atoms with Gasteiger partial charge in [0.05, 0.1) is 0 Å². The third-order valence-corrected chi connectivity index (χ3v) is 15.9. The molecular weight excluding hydrogens is 409 g/mol. The van der Waals surface area contributed by atoms with Crippen LogP contribution in [0.15, 0.2) is 0 Å². The molecule has 0 amide bonds. The van der Waals surface area contributed by atoms with Gasteiger partial charge in [-0.2, -0.15) is 0 Å². The summed E-state index contributed by atoms with van der Waals surface area (Å²) in [5.41, 5.74) is 5.49. The third-order valence-electron chi connectivity index (χ3n) is 2.78. The van der Waals surface area contributed by atoms with Crippen molar-refractivity contribution in [1.29, 1.82) is 0 Å². The first-order chi connectivity index (χ1) is 10.2. The van der Waals surface area contributed by atoms with Gasteiger partial charge in [0.15, 0.2) is 8.32 Å². The van der Waals surface area contributed by atoms with Gasteiger partial charge in [0.1, 0.15) is 0 Å². The van der Waals surface area contributed by atoms with Crippen LogP contribution in [0.2, 0.25) is 58.4 Å². The van der Waals surface area contributed by atoms with Gasteiger partial charge < -0.3 is 28.2 Å². The van der Waals surface area contributed by atoms with Crippen LogP contribution in [0.1, 0.15) is 36.1 Å². The molecule has 0 aliphatic rings. The summed E-state index contributed by atoms with van der Waals surface area (Å²) < 4.78 is 18.9. The van der Waals surface area contributed by atoms with Crippen LogP contribution in [0.3, 0.4) is 0 Å². The summed E-state index contributed by atoms with van der Waals surface area (Å²) in [6.07, 6.45) is 0.998. The highest BCUT2D eigenvalue weighted by Crippen LogP contribution is 2.27. The molecule has 0 unspecified atom stereocenters. The Bertz CT molecular complexity index is 351. The summed E-state index contributed by atoms with van der Waals surface area (Å²) in [4.78, 5) is 10.1. The maximum atomic E-state index is 10.1. The molecule has 0 aromatic carbocycles. The molecule has 1 atom stereocenters. The molecule has 0 bridgehead atoms. The van der Waals surface area contributed by atoms with Crippen LogP contribution >= 0.6 is 0 Å². The van der Waals surface area contributed by atoms with Gasteiger partial charge in [0.2, 0.25) is 0 Å². The van der Waals surface area contributed by atoms with Crippen molar-refractivity contribution in [3.63, 3.8) is 0 Å². The first kappa shape index (κ1) is 38.3. The molecule has 0 aromatic heterocycles. The molecule has 4 N–H and O–H groups in total. The van der Waals surface area contributed by atoms with Gasteiger partial charge in [-0.1, -0.05) is 29.7 Å². The molecular formula is C17H54N2O4Si4. The fraction of sp³-hybridized carbons (Fsp3) is 1.00. The molecule has 0 fully saturated rings.